The van der Waals surface area contributed by atoms with Crippen LogP contribution in [0.25, 0.3) is 0 Å². The number of rotatable bonds is 2. The SMILES string of the molecule is Nc1ccnc(C(=O)N2CCN(c3nccs3)CC2)c1. The predicted molar refractivity (Wildman–Crippen MR) is 78.9 cm³/mol. The third-order valence-electron chi connectivity index (χ3n) is 3.26. The summed E-state index contributed by atoms with van der Waals surface area (Å²) in [6.45, 7) is 2.94. The van der Waals surface area contributed by atoms with E-state index in [2.05, 4.69) is 14.9 Å². The van der Waals surface area contributed by atoms with Crippen molar-refractivity contribution in [1.82, 2.24) is 14.9 Å². The van der Waals surface area contributed by atoms with E-state index in [0.717, 1.165) is 18.2 Å². The lowest BCUT2D eigenvalue weighted by Gasteiger charge is -2.34. The lowest BCUT2D eigenvalue weighted by molar-refractivity contribution is 0.0741. The van der Waals surface area contributed by atoms with Gasteiger partial charge in [-0.1, -0.05) is 0 Å². The molecular formula is C13H15N5OS. The Morgan fingerprint density at radius 1 is 1.20 bits per heavy atom. The highest BCUT2D eigenvalue weighted by molar-refractivity contribution is 7.13. The first kappa shape index (κ1) is 12.9. The first-order valence-corrected chi connectivity index (χ1v) is 7.27. The summed E-state index contributed by atoms with van der Waals surface area (Å²) >= 11 is 1.62. The van der Waals surface area contributed by atoms with Crippen LogP contribution in [-0.2, 0) is 0 Å². The van der Waals surface area contributed by atoms with Gasteiger partial charge in [0.1, 0.15) is 5.69 Å². The van der Waals surface area contributed by atoms with Crippen molar-refractivity contribution in [2.24, 2.45) is 0 Å². The van der Waals surface area contributed by atoms with Gasteiger partial charge in [0.2, 0.25) is 0 Å². The van der Waals surface area contributed by atoms with E-state index in [9.17, 15) is 4.79 Å². The number of carbonyl (C=O) groups excluding carboxylic acids is 1. The Bertz CT molecular complexity index is 593. The molecule has 2 aromatic heterocycles. The molecule has 3 rings (SSSR count). The Labute approximate surface area is 120 Å². The van der Waals surface area contributed by atoms with Gasteiger partial charge in [-0.2, -0.15) is 0 Å². The topological polar surface area (TPSA) is 75.3 Å². The number of piperazine rings is 1. The molecule has 0 bridgehead atoms. The molecule has 0 aliphatic carbocycles. The fourth-order valence-corrected chi connectivity index (χ4v) is 2.90. The number of hydrogen-bond donors (Lipinski definition) is 1. The van der Waals surface area contributed by atoms with Crippen molar-refractivity contribution in [3.05, 3.63) is 35.6 Å². The maximum atomic E-state index is 12.3. The third-order valence-corrected chi connectivity index (χ3v) is 4.09. The summed E-state index contributed by atoms with van der Waals surface area (Å²) in [6.07, 6.45) is 3.36. The van der Waals surface area contributed by atoms with Gasteiger partial charge in [-0.3, -0.25) is 9.78 Å². The summed E-state index contributed by atoms with van der Waals surface area (Å²) in [5.74, 6) is -0.0592. The summed E-state index contributed by atoms with van der Waals surface area (Å²) < 4.78 is 0. The molecule has 0 spiro atoms. The molecule has 1 aliphatic heterocycles. The predicted octanol–water partition coefficient (Wildman–Crippen LogP) is 1.08. The van der Waals surface area contributed by atoms with Crippen LogP contribution in [0, 0.1) is 0 Å². The summed E-state index contributed by atoms with van der Waals surface area (Å²) in [5, 5.41) is 2.97. The van der Waals surface area contributed by atoms with E-state index < -0.39 is 0 Å². The molecule has 7 heteroatoms. The number of pyridine rings is 1. The molecule has 0 atom stereocenters. The van der Waals surface area contributed by atoms with Crippen LogP contribution in [0.1, 0.15) is 10.5 Å². The highest BCUT2D eigenvalue weighted by Crippen LogP contribution is 2.19. The number of hydrogen-bond acceptors (Lipinski definition) is 6. The third kappa shape index (κ3) is 2.57. The molecule has 0 aromatic carbocycles. The van der Waals surface area contributed by atoms with Gasteiger partial charge in [-0.25, -0.2) is 4.98 Å². The molecule has 6 nitrogen and oxygen atoms in total. The number of thiazole rings is 1. The van der Waals surface area contributed by atoms with Crippen LogP contribution in [0.4, 0.5) is 10.8 Å². The van der Waals surface area contributed by atoms with E-state index in [1.807, 2.05) is 10.3 Å². The first-order chi connectivity index (χ1) is 9.74. The molecular weight excluding hydrogens is 274 g/mol. The van der Waals surface area contributed by atoms with Gasteiger partial charge in [0, 0.05) is 49.6 Å². The number of aromatic nitrogens is 2. The molecule has 20 heavy (non-hydrogen) atoms. The highest BCUT2D eigenvalue weighted by Gasteiger charge is 2.23. The van der Waals surface area contributed by atoms with Crippen LogP contribution in [-0.4, -0.2) is 47.0 Å². The molecule has 0 radical (unpaired) electrons. The zero-order chi connectivity index (χ0) is 13.9. The Balaban J connectivity index is 1.65. The Kier molecular flexibility index (Phi) is 3.51. The second-order valence-electron chi connectivity index (χ2n) is 4.57. The van der Waals surface area contributed by atoms with Crippen LogP contribution in [0.3, 0.4) is 0 Å². The lowest BCUT2D eigenvalue weighted by atomic mass is 10.2. The Hall–Kier alpha value is -2.15. The monoisotopic (exact) mass is 289 g/mol. The van der Waals surface area contributed by atoms with E-state index in [1.165, 1.54) is 0 Å². The van der Waals surface area contributed by atoms with Crippen LogP contribution < -0.4 is 10.6 Å². The molecule has 0 unspecified atom stereocenters. The first-order valence-electron chi connectivity index (χ1n) is 6.39. The number of nitrogen functional groups attached to an aromatic ring is 1. The van der Waals surface area contributed by atoms with Crippen molar-refractivity contribution in [2.75, 3.05) is 36.8 Å². The average Bonchev–Trinajstić information content (AvgIpc) is 3.01. The number of nitrogens with zero attached hydrogens (tertiary/aromatic N) is 4. The summed E-state index contributed by atoms with van der Waals surface area (Å²) in [5.41, 5.74) is 6.66. The minimum Gasteiger partial charge on any atom is -0.399 e. The number of nitrogens with two attached hydrogens (primary N) is 1. The molecule has 1 aliphatic rings. The van der Waals surface area contributed by atoms with Gasteiger partial charge >= 0.3 is 0 Å². The molecule has 1 fully saturated rings. The molecule has 104 valence electrons. The van der Waals surface area contributed by atoms with Gasteiger partial charge in [0.25, 0.3) is 5.91 Å². The van der Waals surface area contributed by atoms with E-state index in [0.29, 0.717) is 24.5 Å². The molecule has 1 saturated heterocycles. The van der Waals surface area contributed by atoms with Crippen molar-refractivity contribution < 1.29 is 4.79 Å². The zero-order valence-electron chi connectivity index (χ0n) is 10.9. The minimum absolute atomic E-state index is 0.0592. The van der Waals surface area contributed by atoms with Crippen molar-refractivity contribution in [3.63, 3.8) is 0 Å². The molecule has 2 N–H and O–H groups in total. The molecule has 0 saturated carbocycles. The maximum absolute atomic E-state index is 12.3. The van der Waals surface area contributed by atoms with Gasteiger partial charge in [0.15, 0.2) is 5.13 Å². The largest absolute Gasteiger partial charge is 0.399 e. The second-order valence-corrected chi connectivity index (χ2v) is 5.44. The fraction of sp³-hybridized carbons (Fsp3) is 0.308. The van der Waals surface area contributed by atoms with Crippen molar-refractivity contribution in [1.29, 1.82) is 0 Å². The normalized spacial score (nSPS) is 15.4. The van der Waals surface area contributed by atoms with E-state index in [-0.39, 0.29) is 5.91 Å². The molecule has 2 aromatic rings. The molecule has 3 heterocycles. The Morgan fingerprint density at radius 3 is 2.65 bits per heavy atom. The van der Waals surface area contributed by atoms with E-state index in [1.54, 1.807) is 35.9 Å². The fourth-order valence-electron chi connectivity index (χ4n) is 2.20. The molecule has 1 amide bonds. The quantitative estimate of drug-likeness (QED) is 0.895. The summed E-state index contributed by atoms with van der Waals surface area (Å²) in [6, 6.07) is 3.30. The van der Waals surface area contributed by atoms with Gasteiger partial charge in [-0.15, -0.1) is 11.3 Å². The van der Waals surface area contributed by atoms with Crippen LogP contribution in [0.15, 0.2) is 29.9 Å². The van der Waals surface area contributed by atoms with E-state index >= 15 is 0 Å². The van der Waals surface area contributed by atoms with Gasteiger partial charge in [0.05, 0.1) is 0 Å². The number of amides is 1. The van der Waals surface area contributed by atoms with Crippen molar-refractivity contribution >= 4 is 28.1 Å². The highest BCUT2D eigenvalue weighted by atomic mass is 32.1. The zero-order valence-corrected chi connectivity index (χ0v) is 11.7. The summed E-state index contributed by atoms with van der Waals surface area (Å²) in [4.78, 5) is 24.7. The lowest BCUT2D eigenvalue weighted by Crippen LogP contribution is -2.49. The standard InChI is InChI=1S/C13H15N5OS/c14-10-1-2-15-11(9-10)12(19)17-4-6-18(7-5-17)13-16-3-8-20-13/h1-3,8-9H,4-7H2,(H2,14,15). The van der Waals surface area contributed by atoms with Gasteiger partial charge in [-0.05, 0) is 12.1 Å². The van der Waals surface area contributed by atoms with Crippen LogP contribution in [0.2, 0.25) is 0 Å². The minimum atomic E-state index is -0.0592. The van der Waals surface area contributed by atoms with Crippen molar-refractivity contribution in [2.45, 2.75) is 0 Å². The number of anilines is 2. The van der Waals surface area contributed by atoms with E-state index in [4.69, 9.17) is 5.73 Å². The summed E-state index contributed by atoms with van der Waals surface area (Å²) in [7, 11) is 0. The number of carbonyl (C=O) groups is 1. The average molecular weight is 289 g/mol. The van der Waals surface area contributed by atoms with Crippen molar-refractivity contribution in [3.8, 4) is 0 Å². The smallest absolute Gasteiger partial charge is 0.272 e. The Morgan fingerprint density at radius 2 is 2.00 bits per heavy atom. The second kappa shape index (κ2) is 5.46. The maximum Gasteiger partial charge on any atom is 0.272 e. The van der Waals surface area contributed by atoms with Gasteiger partial charge < -0.3 is 15.5 Å². The van der Waals surface area contributed by atoms with Crippen LogP contribution >= 0.6 is 11.3 Å². The van der Waals surface area contributed by atoms with Crippen LogP contribution in [0.5, 0.6) is 0 Å².